The van der Waals surface area contributed by atoms with Gasteiger partial charge < -0.3 is 4.90 Å². The fourth-order valence-corrected chi connectivity index (χ4v) is 4.04. The molecule has 0 unspecified atom stereocenters. The van der Waals surface area contributed by atoms with Gasteiger partial charge in [-0.2, -0.15) is 11.8 Å². The van der Waals surface area contributed by atoms with Gasteiger partial charge in [0.2, 0.25) is 0 Å². The van der Waals surface area contributed by atoms with Crippen molar-refractivity contribution in [2.75, 3.05) is 25.4 Å². The number of Topliss-reactive ketones (excluding diaryl/α,β-unsaturated/α-hetero) is 1. The van der Waals surface area contributed by atoms with Gasteiger partial charge in [0.05, 0.1) is 0 Å². The summed E-state index contributed by atoms with van der Waals surface area (Å²) in [5, 5.41) is 0. The number of hydrogen-bond donors (Lipinski definition) is 0. The van der Waals surface area contributed by atoms with E-state index in [4.69, 9.17) is 0 Å². The minimum atomic E-state index is -0.334. The molecule has 0 spiro atoms. The van der Waals surface area contributed by atoms with Gasteiger partial charge in [0.15, 0.2) is 5.78 Å². The molecule has 0 aliphatic carbocycles. The van der Waals surface area contributed by atoms with Gasteiger partial charge in [0.1, 0.15) is 0 Å². The Morgan fingerprint density at radius 3 is 2.55 bits per heavy atom. The average molecular weight is 291 g/mol. The largest absolute Gasteiger partial charge is 0.300 e. The van der Waals surface area contributed by atoms with Crippen LogP contribution in [0.4, 0.5) is 0 Å². The second-order valence-corrected chi connectivity index (χ2v) is 8.70. The van der Waals surface area contributed by atoms with Crippen LogP contribution in [0.1, 0.15) is 38.1 Å². The molecule has 0 N–H and O–H groups in total. The van der Waals surface area contributed by atoms with Crippen LogP contribution in [-0.2, 0) is 0 Å². The van der Waals surface area contributed by atoms with E-state index < -0.39 is 0 Å². The van der Waals surface area contributed by atoms with Crippen molar-refractivity contribution in [3.8, 4) is 0 Å². The van der Waals surface area contributed by atoms with Gasteiger partial charge in [-0.25, -0.2) is 0 Å². The first-order valence-electron chi connectivity index (χ1n) is 7.26. The minimum Gasteiger partial charge on any atom is -0.300 e. The van der Waals surface area contributed by atoms with Crippen LogP contribution in [0.3, 0.4) is 0 Å². The molecule has 2 nitrogen and oxygen atoms in total. The Bertz CT molecular complexity index is 467. The number of rotatable bonds is 4. The summed E-state index contributed by atoms with van der Waals surface area (Å²) in [4.78, 5) is 15.1. The Labute approximate surface area is 126 Å². The van der Waals surface area contributed by atoms with Crippen molar-refractivity contribution < 1.29 is 4.79 Å². The normalized spacial score (nSPS) is 19.8. The Morgan fingerprint density at radius 2 is 1.95 bits per heavy atom. The van der Waals surface area contributed by atoms with Crippen LogP contribution in [0.2, 0.25) is 0 Å². The topological polar surface area (TPSA) is 20.3 Å². The van der Waals surface area contributed by atoms with Crippen molar-refractivity contribution in [3.05, 3.63) is 35.9 Å². The van der Waals surface area contributed by atoms with E-state index in [-0.39, 0.29) is 11.2 Å². The molecule has 1 aliphatic heterocycles. The van der Waals surface area contributed by atoms with Gasteiger partial charge in [0, 0.05) is 41.1 Å². The first-order valence-corrected chi connectivity index (χ1v) is 8.25. The molecule has 0 bridgehead atoms. The Morgan fingerprint density at radius 1 is 1.30 bits per heavy atom. The van der Waals surface area contributed by atoms with E-state index in [1.807, 2.05) is 42.1 Å². The van der Waals surface area contributed by atoms with Gasteiger partial charge in [-0.15, -0.1) is 0 Å². The highest BCUT2D eigenvalue weighted by Crippen LogP contribution is 2.32. The van der Waals surface area contributed by atoms with Gasteiger partial charge in [0.25, 0.3) is 0 Å². The summed E-state index contributed by atoms with van der Waals surface area (Å²) in [6, 6.07) is 9.65. The average Bonchev–Trinajstić information content (AvgIpc) is 2.37. The Balaban J connectivity index is 2.05. The van der Waals surface area contributed by atoms with E-state index in [2.05, 4.69) is 32.6 Å². The molecule has 0 saturated carbocycles. The molecule has 3 heteroatoms. The predicted octanol–water partition coefficient (Wildman–Crippen LogP) is 3.72. The lowest BCUT2D eigenvalue weighted by Crippen LogP contribution is -2.48. The molecule has 1 heterocycles. The molecule has 0 amide bonds. The van der Waals surface area contributed by atoms with Gasteiger partial charge in [-0.05, 0) is 13.8 Å². The van der Waals surface area contributed by atoms with E-state index in [1.165, 1.54) is 0 Å². The lowest BCUT2D eigenvalue weighted by atomic mass is 9.83. The van der Waals surface area contributed by atoms with E-state index in [1.54, 1.807) is 0 Å². The number of carbonyl (C=O) groups is 1. The molecule has 1 fully saturated rings. The molecule has 20 heavy (non-hydrogen) atoms. The third-order valence-corrected chi connectivity index (χ3v) is 5.07. The number of carbonyl (C=O) groups excluding carboxylic acids is 1. The zero-order valence-electron chi connectivity index (χ0n) is 13.0. The van der Waals surface area contributed by atoms with Crippen LogP contribution in [0.15, 0.2) is 30.3 Å². The van der Waals surface area contributed by atoms with Crippen LogP contribution >= 0.6 is 11.8 Å². The molecule has 0 atom stereocenters. The van der Waals surface area contributed by atoms with Crippen molar-refractivity contribution in [2.45, 2.75) is 32.4 Å². The Hall–Kier alpha value is -0.800. The SMILES string of the molecule is CC1(C)CN(CC(C)(C)C(=O)c2ccccc2)CCS1. The van der Waals surface area contributed by atoms with Crippen LogP contribution in [0.5, 0.6) is 0 Å². The monoisotopic (exact) mass is 291 g/mol. The van der Waals surface area contributed by atoms with E-state index in [9.17, 15) is 4.79 Å². The predicted molar refractivity (Wildman–Crippen MR) is 87.5 cm³/mol. The second-order valence-electron chi connectivity index (χ2n) is 6.90. The fraction of sp³-hybridized carbons (Fsp3) is 0.588. The maximum absolute atomic E-state index is 12.7. The number of benzene rings is 1. The van der Waals surface area contributed by atoms with Crippen LogP contribution in [0, 0.1) is 5.41 Å². The smallest absolute Gasteiger partial charge is 0.169 e. The van der Waals surface area contributed by atoms with Gasteiger partial charge in [-0.3, -0.25) is 4.79 Å². The number of thioether (sulfide) groups is 1. The lowest BCUT2D eigenvalue weighted by Gasteiger charge is -2.40. The van der Waals surface area contributed by atoms with Crippen LogP contribution in [-0.4, -0.2) is 40.8 Å². The van der Waals surface area contributed by atoms with E-state index >= 15 is 0 Å². The molecule has 1 saturated heterocycles. The summed E-state index contributed by atoms with van der Waals surface area (Å²) >= 11 is 2.03. The minimum absolute atomic E-state index is 0.245. The van der Waals surface area contributed by atoms with Crippen LogP contribution in [0.25, 0.3) is 0 Å². The molecular formula is C17H25NOS. The van der Waals surface area contributed by atoms with Crippen LogP contribution < -0.4 is 0 Å². The van der Waals surface area contributed by atoms with Crippen molar-refractivity contribution in [3.63, 3.8) is 0 Å². The molecular weight excluding hydrogens is 266 g/mol. The van der Waals surface area contributed by atoms with Gasteiger partial charge in [-0.1, -0.05) is 44.2 Å². The van der Waals surface area contributed by atoms with Crippen molar-refractivity contribution in [1.82, 2.24) is 4.90 Å². The first-order chi connectivity index (χ1) is 9.30. The lowest BCUT2D eigenvalue weighted by molar-refractivity contribution is 0.0759. The molecule has 1 aromatic carbocycles. The van der Waals surface area contributed by atoms with E-state index in [0.717, 1.165) is 31.0 Å². The van der Waals surface area contributed by atoms with E-state index in [0.29, 0.717) is 4.75 Å². The quantitative estimate of drug-likeness (QED) is 0.789. The highest BCUT2D eigenvalue weighted by molar-refractivity contribution is 8.00. The third kappa shape index (κ3) is 3.86. The molecule has 2 rings (SSSR count). The highest BCUT2D eigenvalue weighted by atomic mass is 32.2. The zero-order valence-corrected chi connectivity index (χ0v) is 13.8. The number of nitrogens with zero attached hydrogens (tertiary/aromatic N) is 1. The maximum Gasteiger partial charge on any atom is 0.169 e. The summed E-state index contributed by atoms with van der Waals surface area (Å²) in [5.41, 5.74) is 0.488. The first kappa shape index (κ1) is 15.6. The van der Waals surface area contributed by atoms with Crippen molar-refractivity contribution >= 4 is 17.5 Å². The summed E-state index contributed by atoms with van der Waals surface area (Å²) in [6.07, 6.45) is 0. The summed E-state index contributed by atoms with van der Waals surface area (Å²) in [7, 11) is 0. The van der Waals surface area contributed by atoms with Gasteiger partial charge >= 0.3 is 0 Å². The fourth-order valence-electron chi connectivity index (χ4n) is 2.86. The molecule has 1 aliphatic rings. The summed E-state index contributed by atoms with van der Waals surface area (Å²) in [5.74, 6) is 1.40. The van der Waals surface area contributed by atoms with Crippen molar-refractivity contribution in [1.29, 1.82) is 0 Å². The third-order valence-electron chi connectivity index (χ3n) is 3.77. The Kier molecular flexibility index (Phi) is 4.60. The van der Waals surface area contributed by atoms with Crippen molar-refractivity contribution in [2.24, 2.45) is 5.41 Å². The second kappa shape index (κ2) is 5.90. The molecule has 0 aromatic heterocycles. The number of ketones is 1. The molecule has 1 aromatic rings. The molecule has 0 radical (unpaired) electrons. The maximum atomic E-state index is 12.7. The standard InChI is InChI=1S/C17H25NOS/c1-16(2,15(19)14-8-6-5-7-9-14)12-18-10-11-20-17(3,4)13-18/h5-9H,10-13H2,1-4H3. The zero-order chi connectivity index (χ0) is 14.8. The highest BCUT2D eigenvalue weighted by Gasteiger charge is 2.34. The number of hydrogen-bond acceptors (Lipinski definition) is 3. The molecule has 110 valence electrons. The summed E-state index contributed by atoms with van der Waals surface area (Å²) < 4.78 is 0.296. The summed E-state index contributed by atoms with van der Waals surface area (Å²) in [6.45, 7) is 11.7.